The summed E-state index contributed by atoms with van der Waals surface area (Å²) in [6, 6.07) is 15.9. The molecule has 0 spiro atoms. The molecule has 0 aliphatic heterocycles. The van der Waals surface area contributed by atoms with Crippen LogP contribution in [0.4, 0.5) is 17.1 Å². The molecule has 26 heavy (non-hydrogen) atoms. The largest absolute Gasteiger partial charge is 0.379 e. The molecule has 0 saturated carbocycles. The number of nitro groups is 1. The van der Waals surface area contributed by atoms with E-state index < -0.39 is 4.92 Å². The third-order valence-electron chi connectivity index (χ3n) is 3.90. The smallest absolute Gasteiger partial charge is 0.292 e. The number of nitro benzene ring substituents is 1. The van der Waals surface area contributed by atoms with E-state index in [2.05, 4.69) is 15.6 Å². The molecule has 0 atom stereocenters. The molecule has 1 aromatic heterocycles. The lowest BCUT2D eigenvalue weighted by molar-refractivity contribution is -0.384. The van der Waals surface area contributed by atoms with Gasteiger partial charge in [0.15, 0.2) is 0 Å². The zero-order chi connectivity index (χ0) is 18.4. The zero-order valence-electron chi connectivity index (χ0n) is 14.0. The summed E-state index contributed by atoms with van der Waals surface area (Å²) in [6.45, 7) is 0.464. The maximum Gasteiger partial charge on any atom is 0.292 e. The highest BCUT2D eigenvalue weighted by atomic mass is 16.6. The van der Waals surface area contributed by atoms with Crippen molar-refractivity contribution in [1.82, 2.24) is 4.98 Å². The van der Waals surface area contributed by atoms with E-state index in [1.807, 2.05) is 30.3 Å². The fourth-order valence-electron chi connectivity index (χ4n) is 2.67. The second-order valence-corrected chi connectivity index (χ2v) is 5.73. The Balaban J connectivity index is 1.53. The third kappa shape index (κ3) is 4.13. The van der Waals surface area contributed by atoms with Gasteiger partial charge in [-0.25, -0.2) is 0 Å². The Morgan fingerprint density at radius 3 is 2.65 bits per heavy atom. The molecule has 0 unspecified atom stereocenters. The Labute approximate surface area is 150 Å². The highest BCUT2D eigenvalue weighted by Gasteiger charge is 2.12. The van der Waals surface area contributed by atoms with Crippen LogP contribution in [0.2, 0.25) is 0 Å². The van der Waals surface area contributed by atoms with Crippen LogP contribution in [0.25, 0.3) is 10.9 Å². The lowest BCUT2D eigenvalue weighted by Gasteiger charge is -2.09. The summed E-state index contributed by atoms with van der Waals surface area (Å²) in [7, 11) is 0. The first-order chi connectivity index (χ1) is 12.6. The number of anilines is 2. The monoisotopic (exact) mass is 350 g/mol. The van der Waals surface area contributed by atoms with Crippen LogP contribution in [0.1, 0.15) is 12.8 Å². The minimum Gasteiger partial charge on any atom is -0.379 e. The predicted molar refractivity (Wildman–Crippen MR) is 101 cm³/mol. The third-order valence-corrected chi connectivity index (χ3v) is 3.90. The Morgan fingerprint density at radius 2 is 1.81 bits per heavy atom. The van der Waals surface area contributed by atoms with Gasteiger partial charge in [0.25, 0.3) is 5.69 Å². The van der Waals surface area contributed by atoms with Crippen molar-refractivity contribution in [1.29, 1.82) is 0 Å². The van der Waals surface area contributed by atoms with E-state index in [0.717, 1.165) is 10.9 Å². The number of amides is 1. The van der Waals surface area contributed by atoms with Crippen LogP contribution in [-0.4, -0.2) is 22.4 Å². The number of nitrogens with one attached hydrogen (secondary N) is 2. The predicted octanol–water partition coefficient (Wildman–Crippen LogP) is 3.97. The molecule has 0 fully saturated rings. The van der Waals surface area contributed by atoms with E-state index in [4.69, 9.17) is 0 Å². The number of aromatic nitrogens is 1. The van der Waals surface area contributed by atoms with Gasteiger partial charge in [0, 0.05) is 30.6 Å². The van der Waals surface area contributed by atoms with Gasteiger partial charge in [-0.05, 0) is 24.6 Å². The van der Waals surface area contributed by atoms with Crippen molar-refractivity contribution in [2.45, 2.75) is 12.8 Å². The number of carbonyl (C=O) groups excluding carboxylic acids is 1. The van der Waals surface area contributed by atoms with Gasteiger partial charge in [-0.3, -0.25) is 19.9 Å². The van der Waals surface area contributed by atoms with Gasteiger partial charge < -0.3 is 10.6 Å². The van der Waals surface area contributed by atoms with E-state index in [9.17, 15) is 14.9 Å². The minimum atomic E-state index is -0.428. The first kappa shape index (κ1) is 17.3. The van der Waals surface area contributed by atoms with Gasteiger partial charge in [0.1, 0.15) is 5.69 Å². The number of pyridine rings is 1. The molecule has 3 aromatic rings. The summed E-state index contributed by atoms with van der Waals surface area (Å²) >= 11 is 0. The molecule has 2 N–H and O–H groups in total. The van der Waals surface area contributed by atoms with Crippen molar-refractivity contribution in [3.63, 3.8) is 0 Å². The van der Waals surface area contributed by atoms with E-state index in [1.54, 1.807) is 24.4 Å². The molecule has 0 bridgehead atoms. The second kappa shape index (κ2) is 8.06. The fourth-order valence-corrected chi connectivity index (χ4v) is 2.67. The zero-order valence-corrected chi connectivity index (χ0v) is 14.0. The molecular formula is C19H18N4O3. The number of rotatable bonds is 7. The minimum absolute atomic E-state index is 0.0266. The average molecular weight is 350 g/mol. The van der Waals surface area contributed by atoms with Crippen molar-refractivity contribution < 1.29 is 9.72 Å². The van der Waals surface area contributed by atoms with Crippen LogP contribution in [0.5, 0.6) is 0 Å². The standard InChI is InChI=1S/C19H18N4O3/c24-18(22-16-9-3-6-14-7-4-13-21-19(14)16)11-5-12-20-15-8-1-2-10-17(15)23(25)26/h1-4,6-10,13,20H,5,11-12H2,(H,22,24). The second-order valence-electron chi connectivity index (χ2n) is 5.73. The Kier molecular flexibility index (Phi) is 5.38. The summed E-state index contributed by atoms with van der Waals surface area (Å²) < 4.78 is 0. The lowest BCUT2D eigenvalue weighted by atomic mass is 10.2. The number of fused-ring (bicyclic) bond motifs is 1. The molecule has 132 valence electrons. The van der Waals surface area contributed by atoms with Crippen LogP contribution in [0, 0.1) is 10.1 Å². The topological polar surface area (TPSA) is 97.2 Å². The molecular weight excluding hydrogens is 332 g/mol. The van der Waals surface area contributed by atoms with Crippen LogP contribution in [-0.2, 0) is 4.79 Å². The lowest BCUT2D eigenvalue weighted by Crippen LogP contribution is -2.14. The van der Waals surface area contributed by atoms with Crippen LogP contribution < -0.4 is 10.6 Å². The number of hydrogen-bond donors (Lipinski definition) is 2. The van der Waals surface area contributed by atoms with Crippen LogP contribution in [0.3, 0.4) is 0 Å². The molecule has 0 radical (unpaired) electrons. The Bertz CT molecular complexity index is 937. The summed E-state index contributed by atoms with van der Waals surface area (Å²) in [5, 5.41) is 17.8. The molecule has 7 nitrogen and oxygen atoms in total. The number of benzene rings is 2. The highest BCUT2D eigenvalue weighted by Crippen LogP contribution is 2.23. The van der Waals surface area contributed by atoms with Crippen LogP contribution in [0.15, 0.2) is 60.8 Å². The summed E-state index contributed by atoms with van der Waals surface area (Å²) in [6.07, 6.45) is 2.54. The molecule has 1 heterocycles. The molecule has 1 amide bonds. The summed E-state index contributed by atoms with van der Waals surface area (Å²) in [4.78, 5) is 27.0. The van der Waals surface area contributed by atoms with Crippen molar-refractivity contribution in [3.05, 3.63) is 70.9 Å². The first-order valence-corrected chi connectivity index (χ1v) is 8.26. The molecule has 0 aliphatic rings. The van der Waals surface area contributed by atoms with Gasteiger partial charge in [-0.1, -0.05) is 30.3 Å². The molecule has 3 rings (SSSR count). The van der Waals surface area contributed by atoms with Crippen molar-refractivity contribution in [2.75, 3.05) is 17.2 Å². The number of hydrogen-bond acceptors (Lipinski definition) is 5. The fraction of sp³-hybridized carbons (Fsp3) is 0.158. The van der Waals surface area contributed by atoms with Gasteiger partial charge in [-0.2, -0.15) is 0 Å². The van der Waals surface area contributed by atoms with E-state index in [0.29, 0.717) is 30.8 Å². The highest BCUT2D eigenvalue weighted by molar-refractivity contribution is 6.00. The number of carbonyl (C=O) groups is 1. The van der Waals surface area contributed by atoms with E-state index in [-0.39, 0.29) is 11.6 Å². The Morgan fingerprint density at radius 1 is 1.04 bits per heavy atom. The first-order valence-electron chi connectivity index (χ1n) is 8.26. The molecule has 0 saturated heterocycles. The molecule has 2 aromatic carbocycles. The summed E-state index contributed by atoms with van der Waals surface area (Å²) in [5.74, 6) is -0.118. The van der Waals surface area contributed by atoms with Gasteiger partial charge in [0.2, 0.25) is 5.91 Å². The van der Waals surface area contributed by atoms with Crippen LogP contribution >= 0.6 is 0 Å². The SMILES string of the molecule is O=C(CCCNc1ccccc1[N+](=O)[O-])Nc1cccc2cccnc12. The van der Waals surface area contributed by atoms with Crippen molar-refractivity contribution in [2.24, 2.45) is 0 Å². The Hall–Kier alpha value is -3.48. The van der Waals surface area contributed by atoms with E-state index in [1.165, 1.54) is 6.07 Å². The average Bonchev–Trinajstić information content (AvgIpc) is 2.66. The van der Waals surface area contributed by atoms with Crippen molar-refractivity contribution >= 4 is 33.9 Å². The van der Waals surface area contributed by atoms with Gasteiger partial charge >= 0.3 is 0 Å². The normalized spacial score (nSPS) is 10.5. The maximum atomic E-state index is 12.2. The number of para-hydroxylation sites is 3. The van der Waals surface area contributed by atoms with Gasteiger partial charge in [-0.15, -0.1) is 0 Å². The summed E-state index contributed by atoms with van der Waals surface area (Å²) in [5.41, 5.74) is 1.91. The quantitative estimate of drug-likeness (QED) is 0.382. The molecule has 0 aliphatic carbocycles. The number of nitrogens with zero attached hydrogens (tertiary/aromatic N) is 2. The van der Waals surface area contributed by atoms with Crippen molar-refractivity contribution in [3.8, 4) is 0 Å². The maximum absolute atomic E-state index is 12.2. The van der Waals surface area contributed by atoms with Gasteiger partial charge in [0.05, 0.1) is 16.1 Å². The van der Waals surface area contributed by atoms with E-state index >= 15 is 0 Å². The molecule has 7 heteroatoms.